The van der Waals surface area contributed by atoms with Gasteiger partial charge in [-0.1, -0.05) is 49.2 Å². The van der Waals surface area contributed by atoms with Crippen molar-refractivity contribution < 1.29 is 5.11 Å². The van der Waals surface area contributed by atoms with Crippen LogP contribution in [0.5, 0.6) is 5.75 Å². The van der Waals surface area contributed by atoms with E-state index in [1.54, 1.807) is 0 Å². The molecule has 2 aromatic carbocycles. The number of phenolic OH excluding ortho intramolecular Hbond substituents is 1. The summed E-state index contributed by atoms with van der Waals surface area (Å²) in [5, 5.41) is 16.1. The zero-order valence-electron chi connectivity index (χ0n) is 11.4. The maximum atomic E-state index is 10.5. The number of nitrogens with one attached hydrogen (secondary N) is 1. The summed E-state index contributed by atoms with van der Waals surface area (Å²) >= 11 is 0. The molecule has 0 spiro atoms. The third kappa shape index (κ3) is 2.45. The van der Waals surface area contributed by atoms with Gasteiger partial charge >= 0.3 is 0 Å². The van der Waals surface area contributed by atoms with Gasteiger partial charge in [-0.25, -0.2) is 0 Å². The predicted octanol–water partition coefficient (Wildman–Crippen LogP) is 4.14. The van der Waals surface area contributed by atoms with Crippen molar-refractivity contribution in [2.24, 2.45) is 0 Å². The zero-order valence-corrected chi connectivity index (χ0v) is 11.4. The fourth-order valence-corrected chi connectivity index (χ4v) is 3.16. The number of rotatable bonds is 3. The van der Waals surface area contributed by atoms with Gasteiger partial charge in [0.05, 0.1) is 0 Å². The lowest BCUT2D eigenvalue weighted by Gasteiger charge is -2.21. The second-order valence-corrected chi connectivity index (χ2v) is 5.59. The molecule has 1 atom stereocenters. The maximum Gasteiger partial charge on any atom is 0.128 e. The Morgan fingerprint density at radius 3 is 2.63 bits per heavy atom. The first kappa shape index (κ1) is 12.5. The summed E-state index contributed by atoms with van der Waals surface area (Å²) in [4.78, 5) is 0. The number of benzene rings is 2. The van der Waals surface area contributed by atoms with Crippen LogP contribution in [0.25, 0.3) is 10.8 Å². The molecule has 100 valence electrons. The molecule has 2 aromatic rings. The van der Waals surface area contributed by atoms with E-state index < -0.39 is 0 Å². The minimum absolute atomic E-state index is 0.202. The van der Waals surface area contributed by atoms with E-state index in [0.29, 0.717) is 11.8 Å². The lowest BCUT2D eigenvalue weighted by atomic mass is 10.0. The van der Waals surface area contributed by atoms with Crippen molar-refractivity contribution in [1.82, 2.24) is 5.32 Å². The summed E-state index contributed by atoms with van der Waals surface area (Å²) in [5.74, 6) is 0.427. The van der Waals surface area contributed by atoms with E-state index in [9.17, 15) is 5.11 Å². The van der Waals surface area contributed by atoms with E-state index >= 15 is 0 Å². The van der Waals surface area contributed by atoms with E-state index in [1.165, 1.54) is 25.7 Å². The predicted molar refractivity (Wildman–Crippen MR) is 79.4 cm³/mol. The van der Waals surface area contributed by atoms with E-state index in [4.69, 9.17) is 0 Å². The highest BCUT2D eigenvalue weighted by atomic mass is 16.3. The summed E-state index contributed by atoms with van der Waals surface area (Å²) in [6.07, 6.45) is 5.18. The van der Waals surface area contributed by atoms with E-state index in [-0.39, 0.29) is 6.04 Å². The Morgan fingerprint density at radius 1 is 1.11 bits per heavy atom. The van der Waals surface area contributed by atoms with Gasteiger partial charge in [-0.15, -0.1) is 0 Å². The van der Waals surface area contributed by atoms with Crippen LogP contribution in [0.2, 0.25) is 0 Å². The third-order valence-electron chi connectivity index (χ3n) is 4.24. The Morgan fingerprint density at radius 2 is 1.84 bits per heavy atom. The molecule has 0 aromatic heterocycles. The first-order chi connectivity index (χ1) is 9.25. The average molecular weight is 255 g/mol. The molecule has 1 unspecified atom stereocenters. The van der Waals surface area contributed by atoms with Gasteiger partial charge in [-0.3, -0.25) is 0 Å². The van der Waals surface area contributed by atoms with Crippen molar-refractivity contribution in [2.75, 3.05) is 0 Å². The van der Waals surface area contributed by atoms with E-state index in [2.05, 4.69) is 18.3 Å². The van der Waals surface area contributed by atoms with Gasteiger partial charge < -0.3 is 10.4 Å². The molecule has 0 bridgehead atoms. The SMILES string of the molecule is CC(NC1CCCC1)c1ccc2ccccc2c1O. The number of hydrogen-bond donors (Lipinski definition) is 2. The smallest absolute Gasteiger partial charge is 0.128 e. The summed E-state index contributed by atoms with van der Waals surface area (Å²) in [7, 11) is 0. The van der Waals surface area contributed by atoms with Crippen molar-refractivity contribution in [3.8, 4) is 5.75 Å². The van der Waals surface area contributed by atoms with Crippen molar-refractivity contribution in [3.63, 3.8) is 0 Å². The Hall–Kier alpha value is -1.54. The van der Waals surface area contributed by atoms with Crippen LogP contribution in [-0.2, 0) is 0 Å². The van der Waals surface area contributed by atoms with Gasteiger partial charge in [0.15, 0.2) is 0 Å². The van der Waals surface area contributed by atoms with Gasteiger partial charge in [0.25, 0.3) is 0 Å². The van der Waals surface area contributed by atoms with Crippen molar-refractivity contribution in [1.29, 1.82) is 0 Å². The lowest BCUT2D eigenvalue weighted by molar-refractivity contribution is 0.430. The van der Waals surface area contributed by atoms with Gasteiger partial charge in [-0.05, 0) is 25.2 Å². The highest BCUT2D eigenvalue weighted by Crippen LogP contribution is 2.33. The molecule has 1 saturated carbocycles. The lowest BCUT2D eigenvalue weighted by Crippen LogP contribution is -2.28. The van der Waals surface area contributed by atoms with E-state index in [1.807, 2.05) is 30.3 Å². The molecule has 0 saturated heterocycles. The van der Waals surface area contributed by atoms with Gasteiger partial charge in [0, 0.05) is 23.0 Å². The Labute approximate surface area is 114 Å². The molecular formula is C17H21NO. The van der Waals surface area contributed by atoms with Crippen molar-refractivity contribution in [2.45, 2.75) is 44.7 Å². The highest BCUT2D eigenvalue weighted by Gasteiger charge is 2.19. The molecule has 0 amide bonds. The monoisotopic (exact) mass is 255 g/mol. The topological polar surface area (TPSA) is 32.3 Å². The number of fused-ring (bicyclic) bond motifs is 1. The van der Waals surface area contributed by atoms with E-state index in [0.717, 1.165) is 16.3 Å². The molecule has 0 aliphatic heterocycles. The van der Waals surface area contributed by atoms with Gasteiger partial charge in [0.1, 0.15) is 5.75 Å². The quantitative estimate of drug-likeness (QED) is 0.864. The Bertz CT molecular complexity index is 572. The second kappa shape index (κ2) is 5.22. The summed E-state index contributed by atoms with van der Waals surface area (Å²) in [5.41, 5.74) is 1.01. The molecule has 0 heterocycles. The van der Waals surface area contributed by atoms with Crippen LogP contribution in [0.15, 0.2) is 36.4 Å². The minimum atomic E-state index is 0.202. The fourth-order valence-electron chi connectivity index (χ4n) is 3.16. The van der Waals surface area contributed by atoms with Crippen LogP contribution < -0.4 is 5.32 Å². The van der Waals surface area contributed by atoms with Crippen LogP contribution in [0.3, 0.4) is 0 Å². The zero-order chi connectivity index (χ0) is 13.2. The minimum Gasteiger partial charge on any atom is -0.507 e. The van der Waals surface area contributed by atoms with Crippen LogP contribution in [0.4, 0.5) is 0 Å². The Balaban J connectivity index is 1.89. The first-order valence-electron chi connectivity index (χ1n) is 7.22. The molecule has 1 aliphatic carbocycles. The van der Waals surface area contributed by atoms with Crippen LogP contribution in [0.1, 0.15) is 44.2 Å². The number of hydrogen-bond acceptors (Lipinski definition) is 2. The normalized spacial score (nSPS) is 17.9. The molecular weight excluding hydrogens is 234 g/mol. The molecule has 1 aliphatic rings. The van der Waals surface area contributed by atoms with Crippen LogP contribution >= 0.6 is 0 Å². The second-order valence-electron chi connectivity index (χ2n) is 5.59. The molecule has 1 fully saturated rings. The largest absolute Gasteiger partial charge is 0.507 e. The summed E-state index contributed by atoms with van der Waals surface area (Å²) < 4.78 is 0. The molecule has 2 N–H and O–H groups in total. The third-order valence-corrected chi connectivity index (χ3v) is 4.24. The Kier molecular flexibility index (Phi) is 3.43. The van der Waals surface area contributed by atoms with Crippen LogP contribution in [0, 0.1) is 0 Å². The average Bonchev–Trinajstić information content (AvgIpc) is 2.92. The maximum absolute atomic E-state index is 10.5. The van der Waals surface area contributed by atoms with Gasteiger partial charge in [-0.2, -0.15) is 0 Å². The molecule has 0 radical (unpaired) electrons. The summed E-state index contributed by atoms with van der Waals surface area (Å²) in [6, 6.07) is 12.9. The number of aromatic hydroxyl groups is 1. The first-order valence-corrected chi connectivity index (χ1v) is 7.22. The molecule has 2 heteroatoms. The summed E-state index contributed by atoms with van der Waals surface area (Å²) in [6.45, 7) is 2.14. The van der Waals surface area contributed by atoms with Crippen molar-refractivity contribution in [3.05, 3.63) is 42.0 Å². The van der Waals surface area contributed by atoms with Crippen LogP contribution in [-0.4, -0.2) is 11.1 Å². The van der Waals surface area contributed by atoms with Gasteiger partial charge in [0.2, 0.25) is 0 Å². The molecule has 19 heavy (non-hydrogen) atoms. The fraction of sp³-hybridized carbons (Fsp3) is 0.412. The highest BCUT2D eigenvalue weighted by molar-refractivity contribution is 5.89. The number of phenols is 1. The van der Waals surface area contributed by atoms with Crippen molar-refractivity contribution >= 4 is 10.8 Å². The molecule has 3 rings (SSSR count). The molecule has 2 nitrogen and oxygen atoms in total. The standard InChI is InChI=1S/C17H21NO/c1-12(18-14-7-3-4-8-14)15-11-10-13-6-2-5-9-16(13)17(15)19/h2,5-6,9-12,14,18-19H,3-4,7-8H2,1H3.